The zero-order valence-electron chi connectivity index (χ0n) is 21.0. The third-order valence-electron chi connectivity index (χ3n) is 6.76. The van der Waals surface area contributed by atoms with Crippen LogP contribution in [0.5, 0.6) is 0 Å². The molecule has 37 heavy (non-hydrogen) atoms. The summed E-state index contributed by atoms with van der Waals surface area (Å²) in [6.07, 6.45) is 3.95. The van der Waals surface area contributed by atoms with E-state index in [1.807, 2.05) is 13.0 Å². The lowest BCUT2D eigenvalue weighted by Gasteiger charge is -2.42. The van der Waals surface area contributed by atoms with Crippen molar-refractivity contribution in [1.82, 2.24) is 24.0 Å². The topological polar surface area (TPSA) is 71.3 Å². The molecule has 5 rings (SSSR count). The summed E-state index contributed by atoms with van der Waals surface area (Å²) in [6.45, 7) is 8.20. The minimum absolute atomic E-state index is 0.142. The molecule has 0 bridgehead atoms. The second-order valence-corrected chi connectivity index (χ2v) is 11.8. The van der Waals surface area contributed by atoms with Crippen molar-refractivity contribution in [2.75, 3.05) is 26.2 Å². The smallest absolute Gasteiger partial charge is 0.244 e. The monoisotopic (exact) mass is 525 g/mol. The number of sulfonamides is 1. The Morgan fingerprint density at radius 1 is 1.00 bits per heavy atom. The standard InChI is InChI=1S/C27H29F2N5O2S/c1-18(2)16-32-8-9-33(37(35,36)24-12-22(29)14-30-15-24)17-27(32)25-11-20-13-31-34(26(20)10-19(25)3)23-6-4-21(28)5-7-23/h4-7,10-15,18,27H,8-9,16-17H2,1-3H3. The maximum atomic E-state index is 13.8. The second-order valence-electron chi connectivity index (χ2n) is 9.91. The summed E-state index contributed by atoms with van der Waals surface area (Å²) in [7, 11) is -3.91. The van der Waals surface area contributed by atoms with Gasteiger partial charge in [0.05, 0.1) is 23.6 Å². The van der Waals surface area contributed by atoms with Crippen molar-refractivity contribution in [3.8, 4) is 5.69 Å². The maximum Gasteiger partial charge on any atom is 0.244 e. The van der Waals surface area contributed by atoms with E-state index in [2.05, 4.69) is 34.9 Å². The zero-order chi connectivity index (χ0) is 26.3. The van der Waals surface area contributed by atoms with Crippen LogP contribution in [0.15, 0.2) is 66.0 Å². The van der Waals surface area contributed by atoms with Gasteiger partial charge < -0.3 is 0 Å². The number of halogens is 2. The van der Waals surface area contributed by atoms with E-state index < -0.39 is 15.8 Å². The van der Waals surface area contributed by atoms with E-state index in [-0.39, 0.29) is 23.3 Å². The van der Waals surface area contributed by atoms with Crippen molar-refractivity contribution >= 4 is 20.9 Å². The van der Waals surface area contributed by atoms with E-state index >= 15 is 0 Å². The van der Waals surface area contributed by atoms with Gasteiger partial charge in [-0.15, -0.1) is 0 Å². The van der Waals surface area contributed by atoms with Crippen molar-refractivity contribution in [1.29, 1.82) is 0 Å². The number of rotatable bonds is 6. The summed E-state index contributed by atoms with van der Waals surface area (Å²) >= 11 is 0. The molecule has 2 aromatic heterocycles. The van der Waals surface area contributed by atoms with E-state index in [0.29, 0.717) is 19.0 Å². The molecule has 4 aromatic rings. The first-order valence-electron chi connectivity index (χ1n) is 12.2. The highest BCUT2D eigenvalue weighted by molar-refractivity contribution is 7.89. The first-order valence-corrected chi connectivity index (χ1v) is 13.7. The van der Waals surface area contributed by atoms with Crippen LogP contribution in [0, 0.1) is 24.5 Å². The molecule has 1 fully saturated rings. The number of nitrogens with zero attached hydrogens (tertiary/aromatic N) is 5. The van der Waals surface area contributed by atoms with Crippen LogP contribution >= 0.6 is 0 Å². The number of fused-ring (bicyclic) bond motifs is 1. The van der Waals surface area contributed by atoms with Gasteiger partial charge in [-0.1, -0.05) is 13.8 Å². The molecule has 1 aliphatic rings. The van der Waals surface area contributed by atoms with E-state index in [0.717, 1.165) is 46.5 Å². The molecule has 1 saturated heterocycles. The summed E-state index contributed by atoms with van der Waals surface area (Å²) < 4.78 is 57.2. The van der Waals surface area contributed by atoms with Gasteiger partial charge in [0.2, 0.25) is 10.0 Å². The van der Waals surface area contributed by atoms with Gasteiger partial charge in [0, 0.05) is 43.8 Å². The highest BCUT2D eigenvalue weighted by atomic mass is 32.2. The van der Waals surface area contributed by atoms with Gasteiger partial charge in [0.25, 0.3) is 0 Å². The molecule has 3 heterocycles. The lowest BCUT2D eigenvalue weighted by Crippen LogP contribution is -2.51. The minimum atomic E-state index is -3.91. The van der Waals surface area contributed by atoms with Crippen LogP contribution in [0.1, 0.15) is 31.0 Å². The van der Waals surface area contributed by atoms with Crippen LogP contribution in [0.3, 0.4) is 0 Å². The molecule has 10 heteroatoms. The van der Waals surface area contributed by atoms with E-state index in [4.69, 9.17) is 0 Å². The summed E-state index contributed by atoms with van der Waals surface area (Å²) in [5, 5.41) is 5.43. The molecule has 0 N–H and O–H groups in total. The molecule has 194 valence electrons. The Labute approximate surface area is 215 Å². The maximum absolute atomic E-state index is 13.8. The van der Waals surface area contributed by atoms with E-state index in [1.54, 1.807) is 23.0 Å². The molecule has 0 radical (unpaired) electrons. The number of benzene rings is 2. The van der Waals surface area contributed by atoms with Crippen LogP contribution < -0.4 is 0 Å². The van der Waals surface area contributed by atoms with Gasteiger partial charge in [0.1, 0.15) is 16.5 Å². The number of pyridine rings is 1. The first kappa shape index (κ1) is 25.4. The van der Waals surface area contributed by atoms with Crippen molar-refractivity contribution in [3.05, 3.63) is 83.8 Å². The van der Waals surface area contributed by atoms with Crippen LogP contribution in [-0.2, 0) is 10.0 Å². The number of hydrogen-bond acceptors (Lipinski definition) is 5. The fourth-order valence-electron chi connectivity index (χ4n) is 5.02. The van der Waals surface area contributed by atoms with Crippen LogP contribution in [0.25, 0.3) is 16.6 Å². The molecule has 7 nitrogen and oxygen atoms in total. The highest BCUT2D eigenvalue weighted by Crippen LogP contribution is 2.34. The quantitative estimate of drug-likeness (QED) is 0.365. The Balaban J connectivity index is 1.53. The summed E-state index contributed by atoms with van der Waals surface area (Å²) in [6, 6.07) is 11.1. The van der Waals surface area contributed by atoms with Crippen molar-refractivity contribution in [2.24, 2.45) is 5.92 Å². The Morgan fingerprint density at radius 2 is 1.76 bits per heavy atom. The van der Waals surface area contributed by atoms with E-state index in [1.165, 1.54) is 22.6 Å². The van der Waals surface area contributed by atoms with Crippen molar-refractivity contribution in [2.45, 2.75) is 31.7 Å². The number of piperazine rings is 1. The predicted molar refractivity (Wildman–Crippen MR) is 138 cm³/mol. The average molecular weight is 526 g/mol. The minimum Gasteiger partial charge on any atom is -0.293 e. The molecule has 0 spiro atoms. The molecule has 0 amide bonds. The molecule has 2 aromatic carbocycles. The third kappa shape index (κ3) is 5.01. The normalized spacial score (nSPS) is 17.6. The van der Waals surface area contributed by atoms with Crippen LogP contribution in [0.2, 0.25) is 0 Å². The number of hydrogen-bond donors (Lipinski definition) is 0. The summed E-state index contributed by atoms with van der Waals surface area (Å²) in [4.78, 5) is 5.91. The SMILES string of the molecule is Cc1cc2c(cnn2-c2ccc(F)cc2)cc1C1CN(S(=O)(=O)c2cncc(F)c2)CCN1CC(C)C. The molecular formula is C27H29F2N5O2S. The van der Waals surface area contributed by atoms with Gasteiger partial charge >= 0.3 is 0 Å². The van der Waals surface area contributed by atoms with Gasteiger partial charge in [-0.25, -0.2) is 21.9 Å². The first-order chi connectivity index (χ1) is 17.6. The molecular weight excluding hydrogens is 496 g/mol. The van der Waals surface area contributed by atoms with Gasteiger partial charge in [0.15, 0.2) is 0 Å². The average Bonchev–Trinajstić information content (AvgIpc) is 3.26. The predicted octanol–water partition coefficient (Wildman–Crippen LogP) is 4.71. The van der Waals surface area contributed by atoms with Gasteiger partial charge in [-0.2, -0.15) is 9.40 Å². The number of aryl methyl sites for hydroxylation is 1. The number of aromatic nitrogens is 3. The largest absolute Gasteiger partial charge is 0.293 e. The van der Waals surface area contributed by atoms with Crippen molar-refractivity contribution in [3.63, 3.8) is 0 Å². The lowest BCUT2D eigenvalue weighted by molar-refractivity contribution is 0.105. The lowest BCUT2D eigenvalue weighted by atomic mass is 9.96. The Morgan fingerprint density at radius 3 is 2.46 bits per heavy atom. The fourth-order valence-corrected chi connectivity index (χ4v) is 6.44. The van der Waals surface area contributed by atoms with Crippen molar-refractivity contribution < 1.29 is 17.2 Å². The zero-order valence-corrected chi connectivity index (χ0v) is 21.8. The molecule has 1 aliphatic heterocycles. The fraction of sp³-hybridized carbons (Fsp3) is 0.333. The van der Waals surface area contributed by atoms with E-state index in [9.17, 15) is 17.2 Å². The highest BCUT2D eigenvalue weighted by Gasteiger charge is 2.36. The molecule has 0 saturated carbocycles. The Kier molecular flexibility index (Phi) is 6.82. The second kappa shape index (κ2) is 9.92. The van der Waals surface area contributed by atoms with Crippen LogP contribution in [-0.4, -0.2) is 58.6 Å². The van der Waals surface area contributed by atoms with Gasteiger partial charge in [-0.3, -0.25) is 9.88 Å². The molecule has 0 aliphatic carbocycles. The summed E-state index contributed by atoms with van der Waals surface area (Å²) in [5.41, 5.74) is 3.66. The molecule has 1 atom stereocenters. The Hall–Kier alpha value is -3.21. The molecule has 1 unspecified atom stereocenters. The third-order valence-corrected chi connectivity index (χ3v) is 8.59. The Bertz CT molecular complexity index is 1540. The van der Waals surface area contributed by atoms with Gasteiger partial charge in [-0.05, 0) is 66.4 Å². The van der Waals surface area contributed by atoms with Crippen LogP contribution in [0.4, 0.5) is 8.78 Å². The summed E-state index contributed by atoms with van der Waals surface area (Å²) in [5.74, 6) is -0.603.